The Bertz CT molecular complexity index is 991. The van der Waals surface area contributed by atoms with Crippen molar-refractivity contribution in [2.24, 2.45) is 17.6 Å². The molecule has 3 rings (SSSR count). The fourth-order valence-corrected chi connectivity index (χ4v) is 5.85. The number of carbonyl (C=O) groups excluding carboxylic acids is 2. The fraction of sp³-hybridized carbons (Fsp3) is 0.417. The Morgan fingerprint density at radius 1 is 1.19 bits per heavy atom. The zero-order chi connectivity index (χ0) is 22.7. The zero-order valence-electron chi connectivity index (χ0n) is 18.1. The van der Waals surface area contributed by atoms with E-state index in [1.54, 1.807) is 36.2 Å². The molecule has 31 heavy (non-hydrogen) atoms. The Morgan fingerprint density at radius 2 is 1.87 bits per heavy atom. The number of hydrogen-bond acceptors (Lipinski definition) is 3. The molecule has 2 aromatic rings. The molecule has 1 aliphatic rings. The maximum Gasteiger partial charge on any atom is 0.253 e. The minimum atomic E-state index is -1.45. The second-order valence-electron chi connectivity index (χ2n) is 8.60. The molecule has 2 N–H and O–H groups in total. The predicted molar refractivity (Wildman–Crippen MR) is 125 cm³/mol. The van der Waals surface area contributed by atoms with Gasteiger partial charge in [-0.2, -0.15) is 0 Å². The Labute approximate surface area is 191 Å². The van der Waals surface area contributed by atoms with Crippen LogP contribution in [0.1, 0.15) is 41.8 Å². The van der Waals surface area contributed by atoms with Crippen LogP contribution < -0.4 is 5.73 Å². The number of nitrogens with zero attached hydrogens (tertiary/aromatic N) is 1. The van der Waals surface area contributed by atoms with Crippen LogP contribution in [0.15, 0.2) is 47.4 Å². The van der Waals surface area contributed by atoms with Gasteiger partial charge in [-0.05, 0) is 66.6 Å². The highest BCUT2D eigenvalue weighted by Crippen LogP contribution is 2.29. The summed E-state index contributed by atoms with van der Waals surface area (Å²) in [7, 11) is 0.353. The molecule has 1 heterocycles. The fourth-order valence-electron chi connectivity index (χ4n) is 4.09. The lowest BCUT2D eigenvalue weighted by Crippen LogP contribution is -2.39. The first kappa shape index (κ1) is 23.5. The average molecular weight is 461 g/mol. The highest BCUT2D eigenvalue weighted by atomic mass is 35.5. The van der Waals surface area contributed by atoms with Gasteiger partial charge in [0.25, 0.3) is 5.91 Å². The van der Waals surface area contributed by atoms with Crippen LogP contribution in [0.4, 0.5) is 0 Å². The Hall–Kier alpha value is -2.18. The van der Waals surface area contributed by atoms with Gasteiger partial charge >= 0.3 is 0 Å². The van der Waals surface area contributed by atoms with E-state index in [1.807, 2.05) is 32.0 Å². The Kier molecular flexibility index (Phi) is 7.55. The topological polar surface area (TPSA) is 80.5 Å². The Morgan fingerprint density at radius 3 is 2.48 bits per heavy atom. The second kappa shape index (κ2) is 9.96. The first-order chi connectivity index (χ1) is 14.7. The Balaban J connectivity index is 1.96. The molecule has 2 aromatic carbocycles. The molecule has 0 aliphatic carbocycles. The summed E-state index contributed by atoms with van der Waals surface area (Å²) in [5, 5.41) is 0.0938. The molecule has 2 amide bonds. The number of primary amides is 1. The molecular weight excluding hydrogens is 432 g/mol. The molecule has 166 valence electrons. The third-order valence-electron chi connectivity index (χ3n) is 5.76. The van der Waals surface area contributed by atoms with Crippen molar-refractivity contribution in [3.8, 4) is 0 Å². The minimum Gasteiger partial charge on any atom is -0.369 e. The van der Waals surface area contributed by atoms with Crippen LogP contribution in [0.3, 0.4) is 0 Å². The summed E-state index contributed by atoms with van der Waals surface area (Å²) >= 11 is 5.99. The number of hydrogen-bond donors (Lipinski definition) is 1. The van der Waals surface area contributed by atoms with Gasteiger partial charge in [0.05, 0.1) is 22.0 Å². The summed E-state index contributed by atoms with van der Waals surface area (Å²) in [6.45, 7) is 4.73. The van der Waals surface area contributed by atoms with E-state index in [2.05, 4.69) is 0 Å². The molecule has 0 radical (unpaired) electrons. The van der Waals surface area contributed by atoms with Gasteiger partial charge in [-0.15, -0.1) is 0 Å². The van der Waals surface area contributed by atoms with Gasteiger partial charge in [-0.3, -0.25) is 13.8 Å². The third-order valence-corrected chi connectivity index (χ3v) is 7.79. The number of halogens is 1. The van der Waals surface area contributed by atoms with Gasteiger partial charge in [0, 0.05) is 29.1 Å². The number of carbonyl (C=O) groups is 2. The normalized spacial score (nSPS) is 16.7. The van der Waals surface area contributed by atoms with Crippen LogP contribution in [-0.2, 0) is 28.4 Å². The van der Waals surface area contributed by atoms with Gasteiger partial charge in [0.1, 0.15) is 0 Å². The third kappa shape index (κ3) is 5.55. The van der Waals surface area contributed by atoms with Gasteiger partial charge in [-0.25, -0.2) is 0 Å². The number of likely N-dealkylation sites (N-methyl/N-ethyl adjacent to an activating group) is 1. The van der Waals surface area contributed by atoms with Crippen molar-refractivity contribution in [2.45, 2.75) is 43.3 Å². The SMILES string of the molecule is CC(C)C[C@H](C(N)=O)C(Cc1ccc2c(c1)CCN(C)C2=O)S(=O)c1ccc(Cl)cc1. The monoisotopic (exact) mass is 460 g/mol. The van der Waals surface area contributed by atoms with Crippen molar-refractivity contribution in [1.82, 2.24) is 4.90 Å². The largest absolute Gasteiger partial charge is 0.369 e. The van der Waals surface area contributed by atoms with Gasteiger partial charge in [0.15, 0.2) is 0 Å². The predicted octanol–water partition coefficient (Wildman–Crippen LogP) is 3.83. The molecule has 0 saturated carbocycles. The first-order valence-electron chi connectivity index (χ1n) is 10.5. The van der Waals surface area contributed by atoms with E-state index in [0.717, 1.165) is 17.5 Å². The summed E-state index contributed by atoms with van der Waals surface area (Å²) < 4.78 is 13.6. The van der Waals surface area contributed by atoms with E-state index >= 15 is 0 Å². The van der Waals surface area contributed by atoms with Crippen molar-refractivity contribution in [3.63, 3.8) is 0 Å². The molecule has 0 fully saturated rings. The summed E-state index contributed by atoms with van der Waals surface area (Å²) in [6.07, 6.45) is 1.78. The van der Waals surface area contributed by atoms with Crippen molar-refractivity contribution in [3.05, 3.63) is 64.2 Å². The lowest BCUT2D eigenvalue weighted by atomic mass is 9.89. The molecule has 0 spiro atoms. The van der Waals surface area contributed by atoms with Crippen molar-refractivity contribution in [1.29, 1.82) is 0 Å². The van der Waals surface area contributed by atoms with E-state index in [1.165, 1.54) is 0 Å². The molecule has 0 aromatic heterocycles. The molecule has 1 aliphatic heterocycles. The lowest BCUT2D eigenvalue weighted by molar-refractivity contribution is -0.122. The highest BCUT2D eigenvalue weighted by Gasteiger charge is 2.33. The number of fused-ring (bicyclic) bond motifs is 1. The van der Waals surface area contributed by atoms with E-state index in [9.17, 15) is 13.8 Å². The molecule has 0 saturated heterocycles. The van der Waals surface area contributed by atoms with Crippen molar-refractivity contribution in [2.75, 3.05) is 13.6 Å². The molecule has 3 atom stereocenters. The number of nitrogens with two attached hydrogens (primary N) is 1. The van der Waals surface area contributed by atoms with Crippen LogP contribution in [-0.4, -0.2) is 39.8 Å². The molecular formula is C24H29ClN2O3S. The molecule has 2 unspecified atom stereocenters. The quantitative estimate of drug-likeness (QED) is 0.649. The molecule has 0 bridgehead atoms. The maximum absolute atomic E-state index is 13.6. The van der Waals surface area contributed by atoms with Crippen LogP contribution in [0, 0.1) is 11.8 Å². The van der Waals surface area contributed by atoms with Crippen LogP contribution >= 0.6 is 11.6 Å². The minimum absolute atomic E-state index is 0.0175. The van der Waals surface area contributed by atoms with E-state index in [0.29, 0.717) is 34.9 Å². The van der Waals surface area contributed by atoms with Crippen molar-refractivity contribution < 1.29 is 13.8 Å². The first-order valence-corrected chi connectivity index (χ1v) is 12.1. The highest BCUT2D eigenvalue weighted by molar-refractivity contribution is 7.85. The van der Waals surface area contributed by atoms with Gasteiger partial charge < -0.3 is 10.6 Å². The maximum atomic E-state index is 13.6. The standard InChI is InChI=1S/C24H29ClN2O3S/c1-15(2)12-21(23(26)28)22(31(30)19-7-5-18(25)6-8-19)14-16-4-9-20-17(13-16)10-11-27(3)24(20)29/h4-9,13,15,21-22H,10-12,14H2,1-3H3,(H2,26,28)/t21-,22?,31?/m0/s1. The summed E-state index contributed by atoms with van der Waals surface area (Å²) in [5.74, 6) is -0.709. The lowest BCUT2D eigenvalue weighted by Gasteiger charge is -2.28. The average Bonchev–Trinajstić information content (AvgIpc) is 2.73. The van der Waals surface area contributed by atoms with Crippen LogP contribution in [0.5, 0.6) is 0 Å². The van der Waals surface area contributed by atoms with Gasteiger partial charge in [-0.1, -0.05) is 37.6 Å². The summed E-state index contributed by atoms with van der Waals surface area (Å²) in [6, 6.07) is 12.6. The van der Waals surface area contributed by atoms with Crippen LogP contribution in [0.2, 0.25) is 5.02 Å². The summed E-state index contributed by atoms with van der Waals surface area (Å²) in [4.78, 5) is 27.1. The number of rotatable bonds is 8. The number of benzene rings is 2. The van der Waals surface area contributed by atoms with E-state index in [4.69, 9.17) is 17.3 Å². The summed E-state index contributed by atoms with van der Waals surface area (Å²) in [5.41, 5.74) is 8.44. The van der Waals surface area contributed by atoms with E-state index in [-0.39, 0.29) is 11.8 Å². The molecule has 7 heteroatoms. The van der Waals surface area contributed by atoms with Crippen molar-refractivity contribution >= 4 is 34.2 Å². The van der Waals surface area contributed by atoms with Gasteiger partial charge in [0.2, 0.25) is 5.91 Å². The van der Waals surface area contributed by atoms with E-state index < -0.39 is 27.9 Å². The zero-order valence-corrected chi connectivity index (χ0v) is 19.7. The van der Waals surface area contributed by atoms with Crippen LogP contribution in [0.25, 0.3) is 0 Å². The second-order valence-corrected chi connectivity index (χ2v) is 10.7. The molecule has 5 nitrogen and oxygen atoms in total. The number of amides is 2. The smallest absolute Gasteiger partial charge is 0.253 e.